The van der Waals surface area contributed by atoms with Crippen molar-refractivity contribution in [2.75, 3.05) is 13.1 Å². The number of aryl methyl sites for hydroxylation is 1. The van der Waals surface area contributed by atoms with E-state index in [2.05, 4.69) is 41.1 Å². The smallest absolute Gasteiger partial charge is 0.123 e. The largest absolute Gasteiger partial charge is 0.393 e. The molecule has 2 atom stereocenters. The standard InChI is InChI=1S/C17H22N2OS/c1-12-3-5-14(6-4-12)17-18-9-16(21-17)11-19-8-7-15(10-19)13(2)20/h3-6,9,13,15,20H,7-8,10-11H2,1-2H3. The first-order chi connectivity index (χ1) is 10.1. The van der Waals surface area contributed by atoms with Gasteiger partial charge in [0, 0.05) is 29.7 Å². The van der Waals surface area contributed by atoms with E-state index >= 15 is 0 Å². The Labute approximate surface area is 130 Å². The number of aliphatic hydroxyl groups is 1. The van der Waals surface area contributed by atoms with Crippen LogP contribution in [-0.4, -0.2) is 34.2 Å². The van der Waals surface area contributed by atoms with E-state index in [1.165, 1.54) is 16.0 Å². The van der Waals surface area contributed by atoms with Crippen molar-refractivity contribution in [3.05, 3.63) is 40.9 Å². The highest BCUT2D eigenvalue weighted by atomic mass is 32.1. The zero-order chi connectivity index (χ0) is 14.8. The Morgan fingerprint density at radius 2 is 2.14 bits per heavy atom. The summed E-state index contributed by atoms with van der Waals surface area (Å²) in [7, 11) is 0. The fourth-order valence-corrected chi connectivity index (χ4v) is 3.79. The molecule has 2 heterocycles. The molecule has 0 aliphatic carbocycles. The molecule has 4 heteroatoms. The minimum Gasteiger partial charge on any atom is -0.393 e. The Bertz CT molecular complexity index is 591. The van der Waals surface area contributed by atoms with E-state index in [1.54, 1.807) is 11.3 Å². The second-order valence-electron chi connectivity index (χ2n) is 6.02. The summed E-state index contributed by atoms with van der Waals surface area (Å²) in [5, 5.41) is 10.8. The van der Waals surface area contributed by atoms with E-state index in [0.717, 1.165) is 31.1 Å². The lowest BCUT2D eigenvalue weighted by Gasteiger charge is -2.16. The van der Waals surface area contributed by atoms with Gasteiger partial charge in [0.1, 0.15) is 5.01 Å². The van der Waals surface area contributed by atoms with Crippen LogP contribution in [0, 0.1) is 12.8 Å². The summed E-state index contributed by atoms with van der Waals surface area (Å²) in [4.78, 5) is 8.28. The molecule has 21 heavy (non-hydrogen) atoms. The number of aromatic nitrogens is 1. The molecule has 1 saturated heterocycles. The number of nitrogens with zero attached hydrogens (tertiary/aromatic N) is 2. The third-order valence-corrected chi connectivity index (χ3v) is 5.25. The molecular formula is C17H22N2OS. The van der Waals surface area contributed by atoms with Gasteiger partial charge in [-0.1, -0.05) is 29.8 Å². The van der Waals surface area contributed by atoms with Crippen molar-refractivity contribution in [1.29, 1.82) is 0 Å². The second-order valence-corrected chi connectivity index (χ2v) is 7.14. The Balaban J connectivity index is 1.64. The maximum atomic E-state index is 9.67. The van der Waals surface area contributed by atoms with Gasteiger partial charge in [0.2, 0.25) is 0 Å². The molecule has 1 N–H and O–H groups in total. The average Bonchev–Trinajstić information content (AvgIpc) is 3.10. The maximum absolute atomic E-state index is 9.67. The number of hydrogen-bond acceptors (Lipinski definition) is 4. The van der Waals surface area contributed by atoms with Crippen LogP contribution in [-0.2, 0) is 6.54 Å². The second kappa shape index (κ2) is 6.26. The van der Waals surface area contributed by atoms with Crippen LogP contribution < -0.4 is 0 Å². The van der Waals surface area contributed by atoms with Crippen LogP contribution in [0.3, 0.4) is 0 Å². The predicted octanol–water partition coefficient (Wildman–Crippen LogP) is 3.32. The third-order valence-electron chi connectivity index (χ3n) is 4.22. The van der Waals surface area contributed by atoms with Crippen LogP contribution in [0.1, 0.15) is 23.8 Å². The molecule has 1 aliphatic heterocycles. The van der Waals surface area contributed by atoms with Gasteiger partial charge in [-0.25, -0.2) is 4.98 Å². The van der Waals surface area contributed by atoms with Crippen LogP contribution >= 0.6 is 11.3 Å². The quantitative estimate of drug-likeness (QED) is 0.941. The van der Waals surface area contributed by atoms with Crippen LogP contribution in [0.5, 0.6) is 0 Å². The predicted molar refractivity (Wildman–Crippen MR) is 87.4 cm³/mol. The minimum absolute atomic E-state index is 0.195. The molecule has 2 unspecified atom stereocenters. The molecule has 3 rings (SSSR count). The molecule has 2 aromatic rings. The minimum atomic E-state index is -0.195. The van der Waals surface area contributed by atoms with Gasteiger partial charge in [-0.05, 0) is 32.7 Å². The van der Waals surface area contributed by atoms with Crippen LogP contribution in [0.25, 0.3) is 10.6 Å². The summed E-state index contributed by atoms with van der Waals surface area (Å²) in [6, 6.07) is 8.53. The Hall–Kier alpha value is -1.23. The fraction of sp³-hybridized carbons (Fsp3) is 0.471. The van der Waals surface area contributed by atoms with Crippen molar-refractivity contribution in [3.63, 3.8) is 0 Å². The van der Waals surface area contributed by atoms with Crippen LogP contribution in [0.2, 0.25) is 0 Å². The molecule has 1 fully saturated rings. The first kappa shape index (κ1) is 14.7. The summed E-state index contributed by atoms with van der Waals surface area (Å²) in [6.07, 6.45) is 2.90. The molecular weight excluding hydrogens is 280 g/mol. The molecule has 3 nitrogen and oxygen atoms in total. The SMILES string of the molecule is Cc1ccc(-c2ncc(CN3CCC(C(C)O)C3)s2)cc1. The maximum Gasteiger partial charge on any atom is 0.123 e. The lowest BCUT2D eigenvalue weighted by atomic mass is 10.0. The molecule has 0 spiro atoms. The summed E-state index contributed by atoms with van der Waals surface area (Å²) >= 11 is 1.77. The first-order valence-corrected chi connectivity index (χ1v) is 8.35. The molecule has 112 valence electrons. The number of hydrogen-bond donors (Lipinski definition) is 1. The van der Waals surface area contributed by atoms with Crippen molar-refractivity contribution in [2.45, 2.75) is 32.9 Å². The van der Waals surface area contributed by atoms with Gasteiger partial charge in [0.15, 0.2) is 0 Å². The highest BCUT2D eigenvalue weighted by Gasteiger charge is 2.26. The van der Waals surface area contributed by atoms with Gasteiger partial charge in [0.25, 0.3) is 0 Å². The highest BCUT2D eigenvalue weighted by molar-refractivity contribution is 7.15. The Kier molecular flexibility index (Phi) is 4.38. The zero-order valence-corrected chi connectivity index (χ0v) is 13.4. The van der Waals surface area contributed by atoms with Gasteiger partial charge in [-0.15, -0.1) is 11.3 Å². The van der Waals surface area contributed by atoms with Crippen molar-refractivity contribution in [2.24, 2.45) is 5.92 Å². The Morgan fingerprint density at radius 3 is 2.81 bits per heavy atom. The lowest BCUT2D eigenvalue weighted by molar-refractivity contribution is 0.127. The van der Waals surface area contributed by atoms with Crippen LogP contribution in [0.4, 0.5) is 0 Å². The van der Waals surface area contributed by atoms with E-state index < -0.39 is 0 Å². The molecule has 0 saturated carbocycles. The molecule has 0 radical (unpaired) electrons. The number of rotatable bonds is 4. The van der Waals surface area contributed by atoms with E-state index in [1.807, 2.05) is 13.1 Å². The zero-order valence-electron chi connectivity index (χ0n) is 12.6. The fourth-order valence-electron chi connectivity index (χ4n) is 2.83. The Morgan fingerprint density at radius 1 is 1.38 bits per heavy atom. The van der Waals surface area contributed by atoms with E-state index in [-0.39, 0.29) is 6.10 Å². The normalized spacial score (nSPS) is 20.8. The van der Waals surface area contributed by atoms with Crippen LogP contribution in [0.15, 0.2) is 30.5 Å². The van der Waals surface area contributed by atoms with Gasteiger partial charge in [-0.2, -0.15) is 0 Å². The molecule has 0 bridgehead atoms. The molecule has 1 aromatic carbocycles. The van der Waals surface area contributed by atoms with Crippen molar-refractivity contribution >= 4 is 11.3 Å². The summed E-state index contributed by atoms with van der Waals surface area (Å²) < 4.78 is 0. The van der Waals surface area contributed by atoms with Crippen molar-refractivity contribution in [1.82, 2.24) is 9.88 Å². The number of likely N-dealkylation sites (tertiary alicyclic amines) is 1. The van der Waals surface area contributed by atoms with Gasteiger partial charge >= 0.3 is 0 Å². The third kappa shape index (κ3) is 3.51. The average molecular weight is 302 g/mol. The van der Waals surface area contributed by atoms with Gasteiger partial charge in [-0.3, -0.25) is 4.90 Å². The van der Waals surface area contributed by atoms with Gasteiger partial charge in [0.05, 0.1) is 6.10 Å². The topological polar surface area (TPSA) is 36.4 Å². The number of benzene rings is 1. The van der Waals surface area contributed by atoms with Crippen molar-refractivity contribution in [3.8, 4) is 10.6 Å². The number of thiazole rings is 1. The monoisotopic (exact) mass is 302 g/mol. The highest BCUT2D eigenvalue weighted by Crippen LogP contribution is 2.28. The van der Waals surface area contributed by atoms with E-state index in [0.29, 0.717) is 5.92 Å². The van der Waals surface area contributed by atoms with E-state index in [9.17, 15) is 5.11 Å². The molecule has 1 aromatic heterocycles. The summed E-state index contributed by atoms with van der Waals surface area (Å²) in [5.74, 6) is 0.425. The summed E-state index contributed by atoms with van der Waals surface area (Å²) in [6.45, 7) is 7.02. The van der Waals surface area contributed by atoms with Gasteiger partial charge < -0.3 is 5.11 Å². The summed E-state index contributed by atoms with van der Waals surface area (Å²) in [5.41, 5.74) is 2.47. The first-order valence-electron chi connectivity index (χ1n) is 7.54. The van der Waals surface area contributed by atoms with Crippen molar-refractivity contribution < 1.29 is 5.11 Å². The number of aliphatic hydroxyl groups excluding tert-OH is 1. The molecule has 0 amide bonds. The van der Waals surface area contributed by atoms with E-state index in [4.69, 9.17) is 0 Å². The lowest BCUT2D eigenvalue weighted by Crippen LogP contribution is -2.23. The molecule has 1 aliphatic rings.